The second-order valence-corrected chi connectivity index (χ2v) is 7.09. The number of alkyl halides is 2. The first-order valence-corrected chi connectivity index (χ1v) is 9.90. The number of methoxy groups -OCH3 is 1. The Kier molecular flexibility index (Phi) is 7.10. The summed E-state index contributed by atoms with van der Waals surface area (Å²) in [6.45, 7) is -0.00510. The molecule has 0 saturated heterocycles. The van der Waals surface area contributed by atoms with Crippen LogP contribution in [0.1, 0.15) is 30.0 Å². The Bertz CT molecular complexity index is 892. The van der Waals surface area contributed by atoms with Crippen LogP contribution in [0.2, 0.25) is 0 Å². The van der Waals surface area contributed by atoms with Crippen LogP contribution in [-0.4, -0.2) is 37.9 Å². The molecule has 2 aromatic carbocycles. The van der Waals surface area contributed by atoms with E-state index in [0.29, 0.717) is 30.2 Å². The summed E-state index contributed by atoms with van der Waals surface area (Å²) in [6, 6.07) is 12.5. The Balaban J connectivity index is 1.74. The van der Waals surface area contributed by atoms with Gasteiger partial charge in [0.15, 0.2) is 5.96 Å². The van der Waals surface area contributed by atoms with Crippen molar-refractivity contribution >= 4 is 5.96 Å². The number of hydrogen-bond acceptors (Lipinski definition) is 4. The lowest BCUT2D eigenvalue weighted by atomic mass is 9.96. The maximum Gasteiger partial charge on any atom is 0.387 e. The molecule has 0 aromatic heterocycles. The summed E-state index contributed by atoms with van der Waals surface area (Å²) in [4.78, 5) is 4.48. The largest absolute Gasteiger partial charge is 0.497 e. The number of hydrogen-bond donors (Lipinski definition) is 3. The van der Waals surface area contributed by atoms with Gasteiger partial charge >= 0.3 is 6.61 Å². The molecule has 0 fully saturated rings. The quantitative estimate of drug-likeness (QED) is 0.453. The average Bonchev–Trinajstić information content (AvgIpc) is 3.08. The lowest BCUT2D eigenvalue weighted by Crippen LogP contribution is -2.45. The molecule has 0 radical (unpaired) electrons. The van der Waals surface area contributed by atoms with Gasteiger partial charge in [-0.2, -0.15) is 8.78 Å². The van der Waals surface area contributed by atoms with Gasteiger partial charge in [0, 0.05) is 12.1 Å². The van der Waals surface area contributed by atoms with Gasteiger partial charge in [0.05, 0.1) is 20.2 Å². The molecule has 6 nitrogen and oxygen atoms in total. The summed E-state index contributed by atoms with van der Waals surface area (Å²) in [5.74, 6) is 1.05. The third kappa shape index (κ3) is 5.18. The number of halogens is 2. The van der Waals surface area contributed by atoms with Crippen molar-refractivity contribution < 1.29 is 23.4 Å². The van der Waals surface area contributed by atoms with E-state index in [1.165, 1.54) is 13.2 Å². The monoisotopic (exact) mass is 419 g/mol. The highest BCUT2D eigenvalue weighted by molar-refractivity contribution is 5.80. The molecule has 8 heteroatoms. The Morgan fingerprint density at radius 2 is 2.03 bits per heavy atom. The third-order valence-corrected chi connectivity index (χ3v) is 5.11. The summed E-state index contributed by atoms with van der Waals surface area (Å²) < 4.78 is 35.2. The van der Waals surface area contributed by atoms with Gasteiger partial charge < -0.3 is 25.2 Å². The highest BCUT2D eigenvalue weighted by atomic mass is 19.3. The summed E-state index contributed by atoms with van der Waals surface area (Å²) in [5.41, 5.74) is 1.56. The van der Waals surface area contributed by atoms with Crippen LogP contribution < -0.4 is 20.1 Å². The number of aryl methyl sites for hydroxylation is 1. The maximum atomic E-state index is 12.7. The minimum atomic E-state index is -2.93. The topological polar surface area (TPSA) is 75.1 Å². The molecule has 30 heavy (non-hydrogen) atoms. The third-order valence-electron chi connectivity index (χ3n) is 5.11. The van der Waals surface area contributed by atoms with Gasteiger partial charge in [0.1, 0.15) is 17.1 Å². The predicted octanol–water partition coefficient (Wildman–Crippen LogP) is 3.19. The Labute approximate surface area is 174 Å². The van der Waals surface area contributed by atoms with Crippen LogP contribution in [0.25, 0.3) is 0 Å². The predicted molar refractivity (Wildman–Crippen MR) is 111 cm³/mol. The fourth-order valence-electron chi connectivity index (χ4n) is 3.61. The molecular weight excluding hydrogens is 392 g/mol. The van der Waals surface area contributed by atoms with Crippen molar-refractivity contribution in [2.75, 3.05) is 20.2 Å². The normalized spacial score (nSPS) is 18.3. The molecule has 1 unspecified atom stereocenters. The number of benzene rings is 2. The zero-order chi connectivity index (χ0) is 21.6. The molecule has 0 heterocycles. The first-order valence-electron chi connectivity index (χ1n) is 9.90. The van der Waals surface area contributed by atoms with Gasteiger partial charge in [-0.15, -0.1) is 0 Å². The highest BCUT2D eigenvalue weighted by Crippen LogP contribution is 2.36. The second kappa shape index (κ2) is 9.75. The number of fused-ring (bicyclic) bond motifs is 1. The SMILES string of the molecule is CCNC(=NCc1cc(OC)ccc1OC(F)F)NCC1(O)CCc2ccccc21. The van der Waals surface area contributed by atoms with Crippen LogP contribution in [0.15, 0.2) is 47.5 Å². The molecule has 0 amide bonds. The van der Waals surface area contributed by atoms with Gasteiger partial charge in [0.25, 0.3) is 0 Å². The molecule has 0 spiro atoms. The minimum absolute atomic E-state index is 0.0498. The number of guanidine groups is 1. The number of aliphatic imine (C=N–C) groups is 1. The van der Waals surface area contributed by atoms with Crippen molar-refractivity contribution in [2.45, 2.75) is 38.5 Å². The first-order chi connectivity index (χ1) is 14.4. The zero-order valence-electron chi connectivity index (χ0n) is 17.1. The van der Waals surface area contributed by atoms with Crippen molar-refractivity contribution in [1.82, 2.24) is 10.6 Å². The van der Waals surface area contributed by atoms with Crippen LogP contribution in [0.3, 0.4) is 0 Å². The maximum absolute atomic E-state index is 12.7. The van der Waals surface area contributed by atoms with Crippen molar-refractivity contribution in [1.29, 1.82) is 0 Å². The van der Waals surface area contributed by atoms with E-state index in [1.807, 2.05) is 31.2 Å². The number of aliphatic hydroxyl groups is 1. The lowest BCUT2D eigenvalue weighted by molar-refractivity contribution is -0.0504. The van der Waals surface area contributed by atoms with E-state index in [0.717, 1.165) is 17.5 Å². The fourth-order valence-corrected chi connectivity index (χ4v) is 3.61. The average molecular weight is 419 g/mol. The van der Waals surface area contributed by atoms with Gasteiger partial charge in [-0.1, -0.05) is 24.3 Å². The molecule has 1 atom stereocenters. The van der Waals surface area contributed by atoms with E-state index < -0.39 is 12.2 Å². The van der Waals surface area contributed by atoms with Crippen molar-refractivity contribution in [3.8, 4) is 11.5 Å². The van der Waals surface area contributed by atoms with Crippen LogP contribution in [0.4, 0.5) is 8.78 Å². The molecule has 3 rings (SSSR count). The van der Waals surface area contributed by atoms with E-state index in [9.17, 15) is 13.9 Å². The highest BCUT2D eigenvalue weighted by Gasteiger charge is 2.36. The van der Waals surface area contributed by atoms with E-state index in [2.05, 4.69) is 20.4 Å². The summed E-state index contributed by atoms with van der Waals surface area (Å²) >= 11 is 0. The first kappa shape index (κ1) is 21.8. The van der Waals surface area contributed by atoms with E-state index in [-0.39, 0.29) is 18.8 Å². The Hall–Kier alpha value is -2.87. The van der Waals surface area contributed by atoms with Gasteiger partial charge in [-0.3, -0.25) is 0 Å². The Morgan fingerprint density at radius 3 is 2.77 bits per heavy atom. The molecule has 2 aromatic rings. The van der Waals surface area contributed by atoms with Crippen molar-refractivity contribution in [2.24, 2.45) is 4.99 Å². The molecule has 0 bridgehead atoms. The van der Waals surface area contributed by atoms with Gasteiger partial charge in [-0.25, -0.2) is 4.99 Å². The fraction of sp³-hybridized carbons (Fsp3) is 0.409. The molecule has 1 aliphatic carbocycles. The van der Waals surface area contributed by atoms with Crippen LogP contribution >= 0.6 is 0 Å². The van der Waals surface area contributed by atoms with Crippen LogP contribution in [0.5, 0.6) is 11.5 Å². The zero-order valence-corrected chi connectivity index (χ0v) is 17.1. The Morgan fingerprint density at radius 1 is 1.23 bits per heavy atom. The number of nitrogens with one attached hydrogen (secondary N) is 2. The summed E-state index contributed by atoms with van der Waals surface area (Å²) in [7, 11) is 1.50. The summed E-state index contributed by atoms with van der Waals surface area (Å²) in [6.07, 6.45) is 1.45. The molecule has 0 saturated carbocycles. The van der Waals surface area contributed by atoms with E-state index in [1.54, 1.807) is 12.1 Å². The molecule has 1 aliphatic rings. The lowest BCUT2D eigenvalue weighted by Gasteiger charge is -2.25. The molecular formula is C22H27F2N3O3. The molecule has 3 N–H and O–H groups in total. The van der Waals surface area contributed by atoms with E-state index >= 15 is 0 Å². The van der Waals surface area contributed by atoms with Gasteiger partial charge in [0.2, 0.25) is 0 Å². The number of nitrogens with zero attached hydrogens (tertiary/aromatic N) is 1. The van der Waals surface area contributed by atoms with Crippen molar-refractivity contribution in [3.63, 3.8) is 0 Å². The number of rotatable bonds is 8. The van der Waals surface area contributed by atoms with Crippen molar-refractivity contribution in [3.05, 3.63) is 59.2 Å². The van der Waals surface area contributed by atoms with E-state index in [4.69, 9.17) is 4.74 Å². The van der Waals surface area contributed by atoms with Crippen LogP contribution in [0, 0.1) is 0 Å². The molecule has 162 valence electrons. The van der Waals surface area contributed by atoms with Crippen LogP contribution in [-0.2, 0) is 18.6 Å². The second-order valence-electron chi connectivity index (χ2n) is 7.09. The minimum Gasteiger partial charge on any atom is -0.497 e. The standard InChI is InChI=1S/C22H27F2N3O3/c1-3-25-21(27-14-22(28)11-10-15-6-4-5-7-18(15)22)26-13-16-12-17(29-2)8-9-19(16)30-20(23)24/h4-9,12,20,28H,3,10-11,13-14H2,1-2H3,(H2,25,26,27). The smallest absolute Gasteiger partial charge is 0.387 e. The molecule has 0 aliphatic heterocycles. The number of ether oxygens (including phenoxy) is 2. The summed E-state index contributed by atoms with van der Waals surface area (Å²) in [5, 5.41) is 17.4. The van der Waals surface area contributed by atoms with Gasteiger partial charge in [-0.05, 0) is 49.1 Å².